The van der Waals surface area contributed by atoms with Crippen molar-refractivity contribution in [2.45, 2.75) is 33.1 Å². The summed E-state index contributed by atoms with van der Waals surface area (Å²) in [7, 11) is 1.51. The van der Waals surface area contributed by atoms with Crippen molar-refractivity contribution >= 4 is 17.8 Å². The average Bonchev–Trinajstić information content (AvgIpc) is 2.82. The van der Waals surface area contributed by atoms with E-state index in [9.17, 15) is 19.5 Å². The highest BCUT2D eigenvalue weighted by atomic mass is 16.5. The fraction of sp³-hybridized carbons (Fsp3) is 0.786. The van der Waals surface area contributed by atoms with Crippen molar-refractivity contribution in [1.29, 1.82) is 0 Å². The van der Waals surface area contributed by atoms with E-state index in [1.165, 1.54) is 11.9 Å². The maximum Gasteiger partial charge on any atom is 0.325 e. The number of aliphatic carboxylic acids is 1. The van der Waals surface area contributed by atoms with Crippen molar-refractivity contribution in [1.82, 2.24) is 4.90 Å². The smallest absolute Gasteiger partial charge is 0.325 e. The summed E-state index contributed by atoms with van der Waals surface area (Å²) >= 11 is 0. The van der Waals surface area contributed by atoms with E-state index in [2.05, 4.69) is 0 Å². The van der Waals surface area contributed by atoms with E-state index < -0.39 is 23.8 Å². The molecule has 1 saturated carbocycles. The minimum absolute atomic E-state index is 0.133. The van der Waals surface area contributed by atoms with Gasteiger partial charge in [0.05, 0.1) is 18.4 Å². The molecule has 0 saturated heterocycles. The highest BCUT2D eigenvalue weighted by molar-refractivity contribution is 5.87. The lowest BCUT2D eigenvalue weighted by Crippen LogP contribution is -2.39. The maximum atomic E-state index is 12.3. The lowest BCUT2D eigenvalue weighted by Gasteiger charge is -2.22. The van der Waals surface area contributed by atoms with Gasteiger partial charge in [0, 0.05) is 7.05 Å². The molecule has 1 fully saturated rings. The molecule has 1 rings (SSSR count). The summed E-state index contributed by atoms with van der Waals surface area (Å²) in [5.41, 5.74) is 0. The van der Waals surface area contributed by atoms with E-state index in [1.54, 1.807) is 6.92 Å². The van der Waals surface area contributed by atoms with Gasteiger partial charge in [0.15, 0.2) is 0 Å². The van der Waals surface area contributed by atoms with E-state index in [1.807, 2.05) is 6.92 Å². The third-order valence-electron chi connectivity index (χ3n) is 3.92. The number of hydrogen-bond acceptors (Lipinski definition) is 4. The molecule has 0 bridgehead atoms. The predicted molar refractivity (Wildman–Crippen MR) is 71.9 cm³/mol. The van der Waals surface area contributed by atoms with Gasteiger partial charge >= 0.3 is 11.9 Å². The lowest BCUT2D eigenvalue weighted by atomic mass is 9.95. The van der Waals surface area contributed by atoms with Crippen LogP contribution in [0.5, 0.6) is 0 Å². The topological polar surface area (TPSA) is 83.9 Å². The molecule has 0 aromatic carbocycles. The molecule has 114 valence electrons. The molecule has 1 aliphatic rings. The molecule has 0 aliphatic heterocycles. The summed E-state index contributed by atoms with van der Waals surface area (Å²) in [4.78, 5) is 36.2. The first-order chi connectivity index (χ1) is 9.40. The van der Waals surface area contributed by atoms with Gasteiger partial charge in [0.25, 0.3) is 0 Å². The first kappa shape index (κ1) is 16.5. The summed E-state index contributed by atoms with van der Waals surface area (Å²) in [6.45, 7) is 3.83. The predicted octanol–water partition coefficient (Wildman–Crippen LogP) is 1.14. The Hall–Kier alpha value is -1.59. The largest absolute Gasteiger partial charge is 0.481 e. The molecular formula is C14H23NO5. The van der Waals surface area contributed by atoms with Crippen LogP contribution in [0.3, 0.4) is 0 Å². The number of carbonyl (C=O) groups excluding carboxylic acids is 2. The van der Waals surface area contributed by atoms with Gasteiger partial charge < -0.3 is 14.7 Å². The second-order valence-electron chi connectivity index (χ2n) is 5.30. The Morgan fingerprint density at radius 3 is 2.30 bits per heavy atom. The van der Waals surface area contributed by atoms with Gasteiger partial charge in [-0.05, 0) is 25.7 Å². The Morgan fingerprint density at radius 2 is 1.80 bits per heavy atom. The fourth-order valence-corrected chi connectivity index (χ4v) is 2.78. The number of amides is 1. The Bertz CT molecular complexity index is 382. The number of carbonyl (C=O) groups is 3. The van der Waals surface area contributed by atoms with Gasteiger partial charge in [-0.3, -0.25) is 14.4 Å². The average molecular weight is 285 g/mol. The summed E-state index contributed by atoms with van der Waals surface area (Å²) in [6.07, 6.45) is 1.99. The van der Waals surface area contributed by atoms with Crippen LogP contribution in [0.4, 0.5) is 0 Å². The van der Waals surface area contributed by atoms with Gasteiger partial charge in [-0.25, -0.2) is 0 Å². The highest BCUT2D eigenvalue weighted by Crippen LogP contribution is 2.39. The van der Waals surface area contributed by atoms with Crippen molar-refractivity contribution < 1.29 is 24.2 Å². The monoisotopic (exact) mass is 285 g/mol. The number of nitrogens with zero attached hydrogens (tertiary/aromatic N) is 1. The van der Waals surface area contributed by atoms with Gasteiger partial charge in [-0.1, -0.05) is 13.3 Å². The molecule has 20 heavy (non-hydrogen) atoms. The lowest BCUT2D eigenvalue weighted by molar-refractivity contribution is -0.152. The molecule has 1 amide bonds. The van der Waals surface area contributed by atoms with Crippen LogP contribution in [-0.4, -0.2) is 48.1 Å². The molecule has 3 atom stereocenters. The molecule has 6 nitrogen and oxygen atoms in total. The van der Waals surface area contributed by atoms with Gasteiger partial charge in [0.2, 0.25) is 5.91 Å². The van der Waals surface area contributed by atoms with Gasteiger partial charge in [-0.15, -0.1) is 0 Å². The molecule has 1 aliphatic carbocycles. The maximum absolute atomic E-state index is 12.3. The van der Waals surface area contributed by atoms with Crippen molar-refractivity contribution in [3.63, 3.8) is 0 Å². The van der Waals surface area contributed by atoms with Crippen LogP contribution in [0, 0.1) is 17.8 Å². The molecule has 3 unspecified atom stereocenters. The molecule has 0 aromatic rings. The number of esters is 1. The third kappa shape index (κ3) is 3.95. The van der Waals surface area contributed by atoms with Gasteiger partial charge in [0.1, 0.15) is 6.54 Å². The molecule has 0 spiro atoms. The number of carboxylic acids is 1. The summed E-state index contributed by atoms with van der Waals surface area (Å²) in [6, 6.07) is 0. The van der Waals surface area contributed by atoms with E-state index >= 15 is 0 Å². The molecule has 1 N–H and O–H groups in total. The van der Waals surface area contributed by atoms with E-state index in [-0.39, 0.29) is 25.0 Å². The summed E-state index contributed by atoms with van der Waals surface area (Å²) in [5.74, 6) is -2.58. The molecule has 0 aromatic heterocycles. The fourth-order valence-electron chi connectivity index (χ4n) is 2.78. The van der Waals surface area contributed by atoms with Gasteiger partial charge in [-0.2, -0.15) is 0 Å². The normalized spacial score (nSPS) is 25.2. The summed E-state index contributed by atoms with van der Waals surface area (Å²) in [5, 5.41) is 9.23. The van der Waals surface area contributed by atoms with Crippen LogP contribution in [0.1, 0.15) is 33.1 Å². The number of carboxylic acid groups (broad SMARTS) is 1. The summed E-state index contributed by atoms with van der Waals surface area (Å²) < 4.78 is 4.79. The first-order valence-electron chi connectivity index (χ1n) is 7.04. The highest BCUT2D eigenvalue weighted by Gasteiger charge is 2.43. The minimum atomic E-state index is -0.927. The molecule has 6 heteroatoms. The second kappa shape index (κ2) is 7.26. The van der Waals surface area contributed by atoms with Crippen LogP contribution < -0.4 is 0 Å². The quantitative estimate of drug-likeness (QED) is 0.740. The zero-order valence-electron chi connectivity index (χ0n) is 12.3. The number of likely N-dealkylation sites (N-methyl/N-ethyl adjacent to an activating group) is 1. The van der Waals surface area contributed by atoms with Crippen LogP contribution in [0.2, 0.25) is 0 Å². The first-order valence-corrected chi connectivity index (χ1v) is 7.04. The zero-order valence-corrected chi connectivity index (χ0v) is 12.3. The Morgan fingerprint density at radius 1 is 1.20 bits per heavy atom. The Labute approximate surface area is 119 Å². The van der Waals surface area contributed by atoms with Crippen LogP contribution >= 0.6 is 0 Å². The molecular weight excluding hydrogens is 262 g/mol. The van der Waals surface area contributed by atoms with E-state index in [4.69, 9.17) is 4.74 Å². The van der Waals surface area contributed by atoms with E-state index in [0.29, 0.717) is 12.8 Å². The second-order valence-corrected chi connectivity index (χ2v) is 5.30. The van der Waals surface area contributed by atoms with E-state index in [0.717, 1.165) is 6.42 Å². The van der Waals surface area contributed by atoms with Crippen molar-refractivity contribution in [2.24, 2.45) is 17.8 Å². The standard InChI is InChI=1S/C14H23NO5/c1-4-9-6-10(11(7-9)14(18)19)13(17)15(3)8-12(16)20-5-2/h9-11H,4-8H2,1-3H3,(H,18,19). The Kier molecular flexibility index (Phi) is 5.98. The minimum Gasteiger partial charge on any atom is -0.481 e. The number of hydrogen-bond donors (Lipinski definition) is 1. The van der Waals surface area contributed by atoms with Crippen LogP contribution in [0.25, 0.3) is 0 Å². The SMILES string of the molecule is CCOC(=O)CN(C)C(=O)C1CC(CC)CC1C(=O)O. The number of ether oxygens (including phenoxy) is 1. The van der Waals surface area contributed by atoms with Crippen molar-refractivity contribution in [2.75, 3.05) is 20.2 Å². The van der Waals surface area contributed by atoms with Crippen LogP contribution in [0.15, 0.2) is 0 Å². The third-order valence-corrected chi connectivity index (χ3v) is 3.92. The Balaban J connectivity index is 2.68. The molecule has 0 heterocycles. The zero-order chi connectivity index (χ0) is 15.3. The molecule has 0 radical (unpaired) electrons. The number of rotatable bonds is 6. The van der Waals surface area contributed by atoms with Crippen molar-refractivity contribution in [3.8, 4) is 0 Å². The van der Waals surface area contributed by atoms with Crippen molar-refractivity contribution in [3.05, 3.63) is 0 Å². The van der Waals surface area contributed by atoms with Crippen LogP contribution in [-0.2, 0) is 19.1 Å².